The SMILES string of the molecule is Cc1ccc(NC(=O)C2CCCCC2)cc1-c1ccccn1. The molecule has 0 unspecified atom stereocenters. The molecule has 22 heavy (non-hydrogen) atoms. The Labute approximate surface area is 131 Å². The number of carbonyl (C=O) groups excluding carboxylic acids is 1. The summed E-state index contributed by atoms with van der Waals surface area (Å²) in [7, 11) is 0. The number of anilines is 1. The molecule has 3 nitrogen and oxygen atoms in total. The van der Waals surface area contributed by atoms with Crippen molar-refractivity contribution in [2.24, 2.45) is 5.92 Å². The van der Waals surface area contributed by atoms with Gasteiger partial charge in [-0.05, 0) is 49.6 Å². The lowest BCUT2D eigenvalue weighted by molar-refractivity contribution is -0.120. The Kier molecular flexibility index (Phi) is 4.52. The van der Waals surface area contributed by atoms with Crippen molar-refractivity contribution in [1.82, 2.24) is 4.98 Å². The van der Waals surface area contributed by atoms with Gasteiger partial charge in [-0.15, -0.1) is 0 Å². The van der Waals surface area contributed by atoms with Crippen LogP contribution in [0.3, 0.4) is 0 Å². The maximum atomic E-state index is 12.4. The highest BCUT2D eigenvalue weighted by Gasteiger charge is 2.21. The van der Waals surface area contributed by atoms with Crippen molar-refractivity contribution in [3.8, 4) is 11.3 Å². The minimum absolute atomic E-state index is 0.163. The molecule has 3 heteroatoms. The van der Waals surface area contributed by atoms with Gasteiger partial charge < -0.3 is 5.32 Å². The number of carbonyl (C=O) groups is 1. The largest absolute Gasteiger partial charge is 0.326 e. The van der Waals surface area contributed by atoms with E-state index >= 15 is 0 Å². The van der Waals surface area contributed by atoms with Crippen LogP contribution in [-0.2, 0) is 4.79 Å². The third kappa shape index (κ3) is 3.35. The molecule has 1 amide bonds. The molecule has 0 spiro atoms. The standard InChI is InChI=1S/C19H22N2O/c1-14-10-11-16(13-17(14)18-9-5-6-12-20-18)21-19(22)15-7-3-2-4-8-15/h5-6,9-13,15H,2-4,7-8H2,1H3,(H,21,22). The smallest absolute Gasteiger partial charge is 0.227 e. The number of aromatic nitrogens is 1. The summed E-state index contributed by atoms with van der Waals surface area (Å²) in [5.74, 6) is 0.337. The van der Waals surface area contributed by atoms with Gasteiger partial charge in [0.05, 0.1) is 5.69 Å². The molecule has 0 radical (unpaired) electrons. The van der Waals surface area contributed by atoms with E-state index in [2.05, 4.69) is 17.2 Å². The third-order valence-corrected chi connectivity index (χ3v) is 4.42. The molecule has 1 aliphatic rings. The average Bonchev–Trinajstić information content (AvgIpc) is 2.58. The molecule has 0 saturated heterocycles. The van der Waals surface area contributed by atoms with E-state index in [0.717, 1.165) is 35.3 Å². The van der Waals surface area contributed by atoms with Gasteiger partial charge in [-0.1, -0.05) is 31.4 Å². The van der Waals surface area contributed by atoms with Gasteiger partial charge in [-0.25, -0.2) is 0 Å². The molecular formula is C19H22N2O. The number of hydrogen-bond acceptors (Lipinski definition) is 2. The lowest BCUT2D eigenvalue weighted by Crippen LogP contribution is -2.24. The van der Waals surface area contributed by atoms with Gasteiger partial charge in [-0.3, -0.25) is 9.78 Å². The lowest BCUT2D eigenvalue weighted by Gasteiger charge is -2.21. The monoisotopic (exact) mass is 294 g/mol. The Morgan fingerprint density at radius 3 is 2.68 bits per heavy atom. The highest BCUT2D eigenvalue weighted by Crippen LogP contribution is 2.27. The van der Waals surface area contributed by atoms with Crippen molar-refractivity contribution in [2.75, 3.05) is 5.32 Å². The molecule has 114 valence electrons. The Morgan fingerprint density at radius 1 is 1.14 bits per heavy atom. The lowest BCUT2D eigenvalue weighted by atomic mass is 9.88. The molecule has 1 heterocycles. The summed E-state index contributed by atoms with van der Waals surface area (Å²) in [4.78, 5) is 16.8. The highest BCUT2D eigenvalue weighted by atomic mass is 16.1. The van der Waals surface area contributed by atoms with Crippen LogP contribution in [0.25, 0.3) is 11.3 Å². The number of benzene rings is 1. The average molecular weight is 294 g/mol. The molecular weight excluding hydrogens is 272 g/mol. The minimum Gasteiger partial charge on any atom is -0.326 e. The fraction of sp³-hybridized carbons (Fsp3) is 0.368. The van der Waals surface area contributed by atoms with Crippen molar-refractivity contribution >= 4 is 11.6 Å². The first-order chi connectivity index (χ1) is 10.7. The number of nitrogens with one attached hydrogen (secondary N) is 1. The Balaban J connectivity index is 1.79. The molecule has 1 aliphatic carbocycles. The van der Waals surface area contributed by atoms with E-state index in [4.69, 9.17) is 0 Å². The summed E-state index contributed by atoms with van der Waals surface area (Å²) in [5, 5.41) is 3.08. The van der Waals surface area contributed by atoms with Gasteiger partial charge in [0, 0.05) is 23.4 Å². The van der Waals surface area contributed by atoms with Crippen molar-refractivity contribution in [2.45, 2.75) is 39.0 Å². The molecule has 0 atom stereocenters. The highest BCUT2D eigenvalue weighted by molar-refractivity contribution is 5.93. The van der Waals surface area contributed by atoms with Crippen LogP contribution in [0.5, 0.6) is 0 Å². The van der Waals surface area contributed by atoms with Gasteiger partial charge in [0.15, 0.2) is 0 Å². The van der Waals surface area contributed by atoms with E-state index in [1.165, 1.54) is 19.3 Å². The summed E-state index contributed by atoms with van der Waals surface area (Å²) in [6.07, 6.45) is 7.44. The predicted octanol–water partition coefficient (Wildman–Crippen LogP) is 4.58. The number of rotatable bonds is 3. The Morgan fingerprint density at radius 2 is 1.95 bits per heavy atom. The van der Waals surface area contributed by atoms with E-state index in [1.54, 1.807) is 6.20 Å². The van der Waals surface area contributed by atoms with Crippen LogP contribution in [0.4, 0.5) is 5.69 Å². The predicted molar refractivity (Wildman–Crippen MR) is 89.6 cm³/mol. The van der Waals surface area contributed by atoms with E-state index in [-0.39, 0.29) is 11.8 Å². The zero-order valence-corrected chi connectivity index (χ0v) is 13.0. The van der Waals surface area contributed by atoms with Crippen LogP contribution in [0, 0.1) is 12.8 Å². The third-order valence-electron chi connectivity index (χ3n) is 4.42. The van der Waals surface area contributed by atoms with Gasteiger partial charge >= 0.3 is 0 Å². The normalized spacial score (nSPS) is 15.5. The number of nitrogens with zero attached hydrogens (tertiary/aromatic N) is 1. The first kappa shape index (κ1) is 14.8. The number of pyridine rings is 1. The molecule has 3 rings (SSSR count). The van der Waals surface area contributed by atoms with Crippen molar-refractivity contribution < 1.29 is 4.79 Å². The second-order valence-corrected chi connectivity index (χ2v) is 6.07. The summed E-state index contributed by atoms with van der Waals surface area (Å²) in [6.45, 7) is 2.07. The Bertz CT molecular complexity index is 646. The number of hydrogen-bond donors (Lipinski definition) is 1. The fourth-order valence-corrected chi connectivity index (χ4v) is 3.11. The van der Waals surface area contributed by atoms with Crippen LogP contribution in [0.15, 0.2) is 42.6 Å². The summed E-state index contributed by atoms with van der Waals surface area (Å²) in [6, 6.07) is 11.9. The molecule has 0 bridgehead atoms. The van der Waals surface area contributed by atoms with Crippen molar-refractivity contribution in [3.05, 3.63) is 48.2 Å². The van der Waals surface area contributed by atoms with Crippen LogP contribution in [0.1, 0.15) is 37.7 Å². The second kappa shape index (κ2) is 6.73. The Hall–Kier alpha value is -2.16. The summed E-state index contributed by atoms with van der Waals surface area (Å²) in [5.41, 5.74) is 4.03. The quantitative estimate of drug-likeness (QED) is 0.900. The van der Waals surface area contributed by atoms with Crippen molar-refractivity contribution in [3.63, 3.8) is 0 Å². The van der Waals surface area contributed by atoms with Crippen LogP contribution >= 0.6 is 0 Å². The fourth-order valence-electron chi connectivity index (χ4n) is 3.11. The maximum Gasteiger partial charge on any atom is 0.227 e. The number of amides is 1. The first-order valence-electron chi connectivity index (χ1n) is 8.07. The maximum absolute atomic E-state index is 12.4. The van der Waals surface area contributed by atoms with E-state index in [9.17, 15) is 4.79 Å². The van der Waals surface area contributed by atoms with E-state index in [1.807, 2.05) is 36.4 Å². The van der Waals surface area contributed by atoms with E-state index < -0.39 is 0 Å². The summed E-state index contributed by atoms with van der Waals surface area (Å²) < 4.78 is 0. The van der Waals surface area contributed by atoms with Crippen LogP contribution in [-0.4, -0.2) is 10.9 Å². The van der Waals surface area contributed by atoms with Crippen LogP contribution < -0.4 is 5.32 Å². The first-order valence-corrected chi connectivity index (χ1v) is 8.07. The molecule has 1 N–H and O–H groups in total. The number of aryl methyl sites for hydroxylation is 1. The summed E-state index contributed by atoms with van der Waals surface area (Å²) >= 11 is 0. The van der Waals surface area contributed by atoms with Crippen LogP contribution in [0.2, 0.25) is 0 Å². The van der Waals surface area contributed by atoms with E-state index in [0.29, 0.717) is 0 Å². The molecule has 1 fully saturated rings. The van der Waals surface area contributed by atoms with Gasteiger partial charge in [-0.2, -0.15) is 0 Å². The van der Waals surface area contributed by atoms with Gasteiger partial charge in [0.1, 0.15) is 0 Å². The molecule has 0 aliphatic heterocycles. The zero-order valence-electron chi connectivity index (χ0n) is 13.0. The second-order valence-electron chi connectivity index (χ2n) is 6.07. The molecule has 2 aromatic rings. The van der Waals surface area contributed by atoms with Crippen molar-refractivity contribution in [1.29, 1.82) is 0 Å². The van der Waals surface area contributed by atoms with Gasteiger partial charge in [0.2, 0.25) is 5.91 Å². The topological polar surface area (TPSA) is 42.0 Å². The zero-order chi connectivity index (χ0) is 15.4. The molecule has 1 aromatic carbocycles. The minimum atomic E-state index is 0.163. The molecule has 1 aromatic heterocycles. The van der Waals surface area contributed by atoms with Gasteiger partial charge in [0.25, 0.3) is 0 Å². The molecule has 1 saturated carbocycles.